The van der Waals surface area contributed by atoms with Crippen molar-refractivity contribution in [3.63, 3.8) is 0 Å². The van der Waals surface area contributed by atoms with Crippen molar-refractivity contribution >= 4 is 5.91 Å². The minimum absolute atomic E-state index is 0.0855. The van der Waals surface area contributed by atoms with Crippen molar-refractivity contribution in [1.29, 1.82) is 0 Å². The van der Waals surface area contributed by atoms with Gasteiger partial charge in [-0.05, 0) is 25.1 Å². The molecule has 4 nitrogen and oxygen atoms in total. The van der Waals surface area contributed by atoms with E-state index in [0.29, 0.717) is 24.4 Å². The molecular formula is C13H17FN2O2. The number of hydrogen-bond acceptors (Lipinski definition) is 3. The normalized spacial score (nSPS) is 24.2. The average molecular weight is 252 g/mol. The highest BCUT2D eigenvalue weighted by Gasteiger charge is 2.41. The fraction of sp³-hybridized carbons (Fsp3) is 0.462. The molecule has 18 heavy (non-hydrogen) atoms. The smallest absolute Gasteiger partial charge is 0.247 e. The number of amides is 1. The van der Waals surface area contributed by atoms with Gasteiger partial charge in [0.2, 0.25) is 5.91 Å². The van der Waals surface area contributed by atoms with Gasteiger partial charge in [0.1, 0.15) is 17.1 Å². The van der Waals surface area contributed by atoms with E-state index >= 15 is 0 Å². The molecule has 1 amide bonds. The molecule has 1 heterocycles. The third-order valence-electron chi connectivity index (χ3n) is 3.40. The summed E-state index contributed by atoms with van der Waals surface area (Å²) < 4.78 is 18.6. The standard InChI is InChI=1S/C13H17FN2O2/c1-13(12(17)16(2)7-6-15-13)10-8-9(14)4-5-11(10)18-3/h4-5,8,15H,6-7H2,1-3H3. The first-order chi connectivity index (χ1) is 8.49. The van der Waals surface area contributed by atoms with Crippen molar-refractivity contribution in [2.24, 2.45) is 0 Å². The van der Waals surface area contributed by atoms with Crippen molar-refractivity contribution in [3.05, 3.63) is 29.6 Å². The van der Waals surface area contributed by atoms with Gasteiger partial charge in [-0.3, -0.25) is 10.1 Å². The minimum atomic E-state index is -0.944. The number of benzene rings is 1. The number of carbonyl (C=O) groups excluding carboxylic acids is 1. The molecule has 0 saturated carbocycles. The van der Waals surface area contributed by atoms with Gasteiger partial charge in [-0.15, -0.1) is 0 Å². The maximum Gasteiger partial charge on any atom is 0.247 e. The largest absolute Gasteiger partial charge is 0.496 e. The number of likely N-dealkylation sites (N-methyl/N-ethyl adjacent to an activating group) is 1. The molecule has 1 atom stereocenters. The van der Waals surface area contributed by atoms with Crippen LogP contribution in [0, 0.1) is 5.82 Å². The number of halogens is 1. The molecule has 1 saturated heterocycles. The van der Waals surface area contributed by atoms with Crippen LogP contribution in [0.2, 0.25) is 0 Å². The Labute approximate surface area is 106 Å². The van der Waals surface area contributed by atoms with Gasteiger partial charge in [0.15, 0.2) is 0 Å². The molecule has 98 valence electrons. The molecular weight excluding hydrogens is 235 g/mol. The molecule has 1 aromatic carbocycles. The van der Waals surface area contributed by atoms with Crippen LogP contribution < -0.4 is 10.1 Å². The van der Waals surface area contributed by atoms with Crippen LogP contribution in [0.1, 0.15) is 12.5 Å². The quantitative estimate of drug-likeness (QED) is 0.857. The molecule has 1 aromatic rings. The molecule has 1 aliphatic rings. The lowest BCUT2D eigenvalue weighted by molar-refractivity contribution is -0.139. The third kappa shape index (κ3) is 1.95. The lowest BCUT2D eigenvalue weighted by Gasteiger charge is -2.39. The molecule has 0 aromatic heterocycles. The summed E-state index contributed by atoms with van der Waals surface area (Å²) in [6.07, 6.45) is 0. The van der Waals surface area contributed by atoms with E-state index < -0.39 is 5.54 Å². The molecule has 0 spiro atoms. The highest BCUT2D eigenvalue weighted by molar-refractivity contribution is 5.88. The topological polar surface area (TPSA) is 41.6 Å². The van der Waals surface area contributed by atoms with Gasteiger partial charge in [-0.2, -0.15) is 0 Å². The van der Waals surface area contributed by atoms with Crippen molar-refractivity contribution in [3.8, 4) is 5.75 Å². The second-order valence-electron chi connectivity index (χ2n) is 4.62. The van der Waals surface area contributed by atoms with Crippen molar-refractivity contribution in [2.45, 2.75) is 12.5 Å². The minimum Gasteiger partial charge on any atom is -0.496 e. The van der Waals surface area contributed by atoms with E-state index in [0.717, 1.165) is 0 Å². The Balaban J connectivity index is 2.51. The molecule has 1 aliphatic heterocycles. The fourth-order valence-electron chi connectivity index (χ4n) is 2.31. The van der Waals surface area contributed by atoms with Crippen molar-refractivity contribution < 1.29 is 13.9 Å². The average Bonchev–Trinajstić information content (AvgIpc) is 2.36. The van der Waals surface area contributed by atoms with Crippen LogP contribution >= 0.6 is 0 Å². The first-order valence-corrected chi connectivity index (χ1v) is 5.83. The van der Waals surface area contributed by atoms with Gasteiger partial charge >= 0.3 is 0 Å². The first kappa shape index (κ1) is 12.8. The van der Waals surface area contributed by atoms with Gasteiger partial charge in [0.05, 0.1) is 7.11 Å². The predicted molar refractivity (Wildman–Crippen MR) is 65.9 cm³/mol. The van der Waals surface area contributed by atoms with Crippen LogP contribution in [0.15, 0.2) is 18.2 Å². The van der Waals surface area contributed by atoms with E-state index in [9.17, 15) is 9.18 Å². The molecule has 0 bridgehead atoms. The Morgan fingerprint density at radius 3 is 2.89 bits per heavy atom. The molecule has 5 heteroatoms. The summed E-state index contributed by atoms with van der Waals surface area (Å²) in [5, 5.41) is 3.16. The number of piperazine rings is 1. The highest BCUT2D eigenvalue weighted by atomic mass is 19.1. The Morgan fingerprint density at radius 1 is 1.50 bits per heavy atom. The summed E-state index contributed by atoms with van der Waals surface area (Å²) in [6.45, 7) is 3.06. The number of hydrogen-bond donors (Lipinski definition) is 1. The van der Waals surface area contributed by atoms with E-state index in [4.69, 9.17) is 4.74 Å². The monoisotopic (exact) mass is 252 g/mol. The van der Waals surface area contributed by atoms with Crippen LogP contribution in [0.3, 0.4) is 0 Å². The molecule has 1 N–H and O–H groups in total. The Morgan fingerprint density at radius 2 is 2.22 bits per heavy atom. The van der Waals surface area contributed by atoms with Gasteiger partial charge < -0.3 is 9.64 Å². The zero-order valence-electron chi connectivity index (χ0n) is 10.8. The molecule has 0 radical (unpaired) electrons. The summed E-state index contributed by atoms with van der Waals surface area (Å²) in [5.41, 5.74) is -0.415. The van der Waals surface area contributed by atoms with E-state index in [1.54, 1.807) is 24.9 Å². The van der Waals surface area contributed by atoms with Crippen molar-refractivity contribution in [2.75, 3.05) is 27.2 Å². The molecule has 0 aliphatic carbocycles. The SMILES string of the molecule is COc1ccc(F)cc1C1(C)NCCN(C)C1=O. The highest BCUT2D eigenvalue weighted by Crippen LogP contribution is 2.33. The number of rotatable bonds is 2. The van der Waals surface area contributed by atoms with Crippen LogP contribution in [0.4, 0.5) is 4.39 Å². The summed E-state index contributed by atoms with van der Waals surface area (Å²) in [4.78, 5) is 14.0. The maximum absolute atomic E-state index is 13.4. The van der Waals surface area contributed by atoms with Crippen LogP contribution in [-0.4, -0.2) is 38.1 Å². The zero-order chi connectivity index (χ0) is 13.3. The maximum atomic E-state index is 13.4. The van der Waals surface area contributed by atoms with E-state index in [2.05, 4.69) is 5.32 Å². The number of methoxy groups -OCH3 is 1. The Hall–Kier alpha value is -1.62. The lowest BCUT2D eigenvalue weighted by atomic mass is 9.88. The Bertz CT molecular complexity index is 478. The van der Waals surface area contributed by atoms with Crippen molar-refractivity contribution in [1.82, 2.24) is 10.2 Å². The van der Waals surface area contributed by atoms with Crippen LogP contribution in [0.5, 0.6) is 5.75 Å². The number of nitrogens with zero attached hydrogens (tertiary/aromatic N) is 1. The second-order valence-corrected chi connectivity index (χ2v) is 4.62. The first-order valence-electron chi connectivity index (χ1n) is 5.83. The summed E-state index contributed by atoms with van der Waals surface area (Å²) >= 11 is 0. The van der Waals surface area contributed by atoms with Gasteiger partial charge in [-0.1, -0.05) is 0 Å². The van der Waals surface area contributed by atoms with Gasteiger partial charge in [0, 0.05) is 25.7 Å². The van der Waals surface area contributed by atoms with E-state index in [1.807, 2.05) is 0 Å². The number of nitrogens with one attached hydrogen (secondary N) is 1. The molecule has 2 rings (SSSR count). The van der Waals surface area contributed by atoms with Crippen LogP contribution in [0.25, 0.3) is 0 Å². The van der Waals surface area contributed by atoms with Gasteiger partial charge in [0.25, 0.3) is 0 Å². The fourth-order valence-corrected chi connectivity index (χ4v) is 2.31. The number of ether oxygens (including phenoxy) is 1. The summed E-state index contributed by atoms with van der Waals surface area (Å²) in [7, 11) is 3.25. The predicted octanol–water partition coefficient (Wildman–Crippen LogP) is 1.11. The number of carbonyl (C=O) groups is 1. The second kappa shape index (κ2) is 4.57. The third-order valence-corrected chi connectivity index (χ3v) is 3.40. The van der Waals surface area contributed by atoms with E-state index in [1.165, 1.54) is 19.2 Å². The summed E-state index contributed by atoms with van der Waals surface area (Å²) in [5.74, 6) is 0.0440. The lowest BCUT2D eigenvalue weighted by Crippen LogP contribution is -2.59. The molecule has 1 fully saturated rings. The Kier molecular flexibility index (Phi) is 3.26. The molecule has 1 unspecified atom stereocenters. The van der Waals surface area contributed by atoms with Crippen LogP contribution in [-0.2, 0) is 10.3 Å². The zero-order valence-corrected chi connectivity index (χ0v) is 10.8. The van der Waals surface area contributed by atoms with E-state index in [-0.39, 0.29) is 11.7 Å². The van der Waals surface area contributed by atoms with Gasteiger partial charge in [-0.25, -0.2) is 4.39 Å². The summed E-state index contributed by atoms with van der Waals surface area (Å²) in [6, 6.07) is 4.21.